The number of aryl methyl sites for hydroxylation is 1. The molecule has 0 saturated carbocycles. The van der Waals surface area contributed by atoms with Gasteiger partial charge < -0.3 is 13.7 Å². The van der Waals surface area contributed by atoms with Crippen LogP contribution in [0.15, 0.2) is 76.2 Å². The number of fused-ring (bicyclic) bond motifs is 1. The van der Waals surface area contributed by atoms with E-state index in [1.807, 2.05) is 50.2 Å². The van der Waals surface area contributed by atoms with Crippen LogP contribution in [0.25, 0.3) is 28.2 Å². The summed E-state index contributed by atoms with van der Waals surface area (Å²) >= 11 is 6.09. The molecule has 0 atom stereocenters. The second kappa shape index (κ2) is 8.60. The summed E-state index contributed by atoms with van der Waals surface area (Å²) in [5, 5.41) is 5.16. The van der Waals surface area contributed by atoms with Crippen LogP contribution in [0.4, 0.5) is 0 Å². The first-order chi connectivity index (χ1) is 16.0. The SMILES string of the molecule is CCOc1ccc(-c2cc3c(=O)n(Cc4nc(-c5cccc(Cl)c5)oc4C)ccn3n2)cc1. The summed E-state index contributed by atoms with van der Waals surface area (Å²) in [4.78, 5) is 17.8. The maximum atomic E-state index is 13.2. The van der Waals surface area contributed by atoms with Crippen LogP contribution in [0, 0.1) is 6.92 Å². The van der Waals surface area contributed by atoms with E-state index in [9.17, 15) is 4.79 Å². The molecule has 0 aliphatic heterocycles. The average Bonchev–Trinajstić information content (AvgIpc) is 3.41. The first kappa shape index (κ1) is 21.0. The fraction of sp³-hybridized carbons (Fsp3) is 0.160. The number of hydrogen-bond donors (Lipinski definition) is 0. The van der Waals surface area contributed by atoms with Gasteiger partial charge in [0.15, 0.2) is 0 Å². The maximum absolute atomic E-state index is 13.2. The van der Waals surface area contributed by atoms with E-state index >= 15 is 0 Å². The van der Waals surface area contributed by atoms with E-state index in [1.165, 1.54) is 0 Å². The van der Waals surface area contributed by atoms with Gasteiger partial charge in [-0.1, -0.05) is 17.7 Å². The predicted molar refractivity (Wildman–Crippen MR) is 127 cm³/mol. The largest absolute Gasteiger partial charge is 0.494 e. The van der Waals surface area contributed by atoms with E-state index in [-0.39, 0.29) is 12.1 Å². The molecule has 7 nitrogen and oxygen atoms in total. The molecule has 0 fully saturated rings. The molecule has 3 aromatic heterocycles. The number of halogens is 1. The third-order valence-electron chi connectivity index (χ3n) is 5.35. The smallest absolute Gasteiger partial charge is 0.276 e. The quantitative estimate of drug-likeness (QED) is 0.347. The molecule has 0 aliphatic carbocycles. The number of oxazole rings is 1. The predicted octanol–water partition coefficient (Wildman–Crippen LogP) is 5.23. The van der Waals surface area contributed by atoms with Gasteiger partial charge in [-0.2, -0.15) is 5.10 Å². The zero-order valence-electron chi connectivity index (χ0n) is 18.2. The van der Waals surface area contributed by atoms with E-state index in [1.54, 1.807) is 39.7 Å². The lowest BCUT2D eigenvalue weighted by atomic mass is 10.1. The molecule has 5 aromatic rings. The van der Waals surface area contributed by atoms with Gasteiger partial charge in [-0.25, -0.2) is 9.50 Å². The Bertz CT molecular complexity index is 1500. The van der Waals surface area contributed by atoms with Crippen molar-refractivity contribution < 1.29 is 9.15 Å². The summed E-state index contributed by atoms with van der Waals surface area (Å²) in [6, 6.07) is 16.8. The van der Waals surface area contributed by atoms with Crippen molar-refractivity contribution in [1.29, 1.82) is 0 Å². The highest BCUT2D eigenvalue weighted by molar-refractivity contribution is 6.30. The maximum Gasteiger partial charge on any atom is 0.276 e. The molecule has 8 heteroatoms. The standard InChI is InChI=1S/C25H21ClN4O3/c1-3-32-20-9-7-17(8-10-20)21-14-23-25(31)29(11-12-30(23)28-21)15-22-16(2)33-24(27-22)18-5-4-6-19(26)13-18/h4-14H,3,15H2,1-2H3. The van der Waals surface area contributed by atoms with E-state index in [4.69, 9.17) is 20.8 Å². The Balaban J connectivity index is 1.45. The van der Waals surface area contributed by atoms with E-state index in [0.29, 0.717) is 40.2 Å². The molecule has 33 heavy (non-hydrogen) atoms. The minimum absolute atomic E-state index is 0.158. The van der Waals surface area contributed by atoms with Gasteiger partial charge >= 0.3 is 0 Å². The molecule has 3 heterocycles. The summed E-state index contributed by atoms with van der Waals surface area (Å²) in [5.41, 5.74) is 3.42. The summed E-state index contributed by atoms with van der Waals surface area (Å²) in [5.74, 6) is 1.93. The van der Waals surface area contributed by atoms with Gasteiger partial charge in [0.05, 0.1) is 18.8 Å². The molecule has 0 N–H and O–H groups in total. The first-order valence-electron chi connectivity index (χ1n) is 10.6. The Labute approximate surface area is 194 Å². The molecule has 0 amide bonds. The second-order valence-corrected chi connectivity index (χ2v) is 8.02. The van der Waals surface area contributed by atoms with Crippen LogP contribution in [0.1, 0.15) is 18.4 Å². The molecule has 2 aromatic carbocycles. The number of ether oxygens (including phenoxy) is 1. The molecule has 0 bridgehead atoms. The van der Waals surface area contributed by atoms with Crippen LogP contribution in [-0.2, 0) is 6.54 Å². The Morgan fingerprint density at radius 3 is 2.64 bits per heavy atom. The third kappa shape index (κ3) is 4.15. The van der Waals surface area contributed by atoms with E-state index in [0.717, 1.165) is 16.9 Å². The van der Waals surface area contributed by atoms with Crippen molar-refractivity contribution >= 4 is 17.1 Å². The van der Waals surface area contributed by atoms with Gasteiger partial charge in [0.1, 0.15) is 22.7 Å². The van der Waals surface area contributed by atoms with E-state index in [2.05, 4.69) is 10.1 Å². The molecular weight excluding hydrogens is 440 g/mol. The van der Waals surface area contributed by atoms with Gasteiger partial charge in [-0.05, 0) is 62.4 Å². The first-order valence-corrected chi connectivity index (χ1v) is 10.9. The monoisotopic (exact) mass is 460 g/mol. The van der Waals surface area contributed by atoms with Crippen molar-refractivity contribution in [2.45, 2.75) is 20.4 Å². The van der Waals surface area contributed by atoms with Gasteiger partial charge in [0.2, 0.25) is 5.89 Å². The highest BCUT2D eigenvalue weighted by Gasteiger charge is 2.15. The zero-order valence-corrected chi connectivity index (χ0v) is 18.9. The van der Waals surface area contributed by atoms with Crippen LogP contribution in [0.2, 0.25) is 5.02 Å². The average molecular weight is 461 g/mol. The molecule has 0 unspecified atom stereocenters. The number of aromatic nitrogens is 4. The number of benzene rings is 2. The molecule has 0 aliphatic rings. The summed E-state index contributed by atoms with van der Waals surface area (Å²) in [6.07, 6.45) is 3.47. The Morgan fingerprint density at radius 1 is 1.06 bits per heavy atom. The summed E-state index contributed by atoms with van der Waals surface area (Å²) in [6.45, 7) is 4.68. The molecule has 0 spiro atoms. The van der Waals surface area contributed by atoms with Crippen LogP contribution in [0.5, 0.6) is 5.75 Å². The highest BCUT2D eigenvalue weighted by atomic mass is 35.5. The van der Waals surface area contributed by atoms with Gasteiger partial charge in [-0.3, -0.25) is 4.79 Å². The van der Waals surface area contributed by atoms with E-state index < -0.39 is 0 Å². The summed E-state index contributed by atoms with van der Waals surface area (Å²) < 4.78 is 14.5. The van der Waals surface area contributed by atoms with Crippen LogP contribution in [-0.4, -0.2) is 25.8 Å². The fourth-order valence-electron chi connectivity index (χ4n) is 3.66. The van der Waals surface area contributed by atoms with Gasteiger partial charge in [-0.15, -0.1) is 0 Å². The van der Waals surface area contributed by atoms with Crippen LogP contribution < -0.4 is 10.3 Å². The van der Waals surface area contributed by atoms with Crippen molar-refractivity contribution in [2.75, 3.05) is 6.61 Å². The van der Waals surface area contributed by atoms with Crippen molar-refractivity contribution in [3.63, 3.8) is 0 Å². The van der Waals surface area contributed by atoms with Crippen LogP contribution >= 0.6 is 11.6 Å². The zero-order chi connectivity index (χ0) is 22.9. The third-order valence-corrected chi connectivity index (χ3v) is 5.58. The van der Waals surface area contributed by atoms with Crippen molar-refractivity contribution in [2.24, 2.45) is 0 Å². The Hall–Kier alpha value is -3.84. The lowest BCUT2D eigenvalue weighted by molar-refractivity contribution is 0.340. The lowest BCUT2D eigenvalue weighted by Gasteiger charge is -2.04. The molecule has 0 radical (unpaired) electrons. The minimum atomic E-state index is -0.158. The molecule has 5 rings (SSSR count). The molecule has 166 valence electrons. The highest BCUT2D eigenvalue weighted by Crippen LogP contribution is 2.25. The van der Waals surface area contributed by atoms with Crippen molar-refractivity contribution in [1.82, 2.24) is 19.2 Å². The molecule has 0 saturated heterocycles. The number of rotatable bonds is 6. The fourth-order valence-corrected chi connectivity index (χ4v) is 3.85. The lowest BCUT2D eigenvalue weighted by Crippen LogP contribution is -2.22. The Morgan fingerprint density at radius 2 is 1.88 bits per heavy atom. The van der Waals surface area contributed by atoms with Crippen molar-refractivity contribution in [3.8, 4) is 28.5 Å². The minimum Gasteiger partial charge on any atom is -0.494 e. The summed E-state index contributed by atoms with van der Waals surface area (Å²) in [7, 11) is 0. The van der Waals surface area contributed by atoms with Crippen molar-refractivity contribution in [3.05, 3.63) is 93.8 Å². The molecular formula is C25H21ClN4O3. The van der Waals surface area contributed by atoms with Crippen LogP contribution in [0.3, 0.4) is 0 Å². The van der Waals surface area contributed by atoms with Gasteiger partial charge in [0.25, 0.3) is 5.56 Å². The number of nitrogens with zero attached hydrogens (tertiary/aromatic N) is 4. The normalized spacial score (nSPS) is 11.2. The second-order valence-electron chi connectivity index (χ2n) is 7.58. The number of hydrogen-bond acceptors (Lipinski definition) is 5. The Kier molecular flexibility index (Phi) is 5.48. The topological polar surface area (TPSA) is 74.6 Å². The van der Waals surface area contributed by atoms with Gasteiger partial charge in [0, 0.05) is 28.5 Å².